The van der Waals surface area contributed by atoms with Crippen LogP contribution in [0.2, 0.25) is 0 Å². The number of nitrogens with zero attached hydrogens (tertiary/aromatic N) is 2. The van der Waals surface area contributed by atoms with E-state index in [0.29, 0.717) is 11.3 Å². The molecule has 5 heteroatoms. The normalized spacial score (nSPS) is 13.8. The molecule has 0 aliphatic carbocycles. The Morgan fingerprint density at radius 2 is 1.66 bits per heavy atom. The van der Waals surface area contributed by atoms with Crippen LogP contribution in [0.3, 0.4) is 0 Å². The van der Waals surface area contributed by atoms with Crippen molar-refractivity contribution in [3.8, 4) is 0 Å². The van der Waals surface area contributed by atoms with Gasteiger partial charge in [0.15, 0.2) is 0 Å². The number of amides is 2. The number of fused-ring (bicyclic) bond motifs is 10. The third-order valence-electron chi connectivity index (χ3n) is 6.04. The molecule has 6 rings (SSSR count). The number of para-hydroxylation sites is 2. The van der Waals surface area contributed by atoms with E-state index in [1.54, 1.807) is 0 Å². The Morgan fingerprint density at radius 3 is 2.48 bits per heavy atom. The van der Waals surface area contributed by atoms with Gasteiger partial charge < -0.3 is 8.97 Å². The minimum absolute atomic E-state index is 0.312. The molecule has 142 valence electrons. The number of carbonyl (C=O) groups excluding carboxylic acids is 2. The van der Waals surface area contributed by atoms with E-state index in [9.17, 15) is 9.59 Å². The molecule has 0 atom stereocenters. The monoisotopic (exact) mass is 381 g/mol. The van der Waals surface area contributed by atoms with Gasteiger partial charge in [-0.15, -0.1) is 0 Å². The zero-order valence-electron chi connectivity index (χ0n) is 16.0. The Morgan fingerprint density at radius 1 is 0.897 bits per heavy atom. The molecule has 0 saturated carbocycles. The highest BCUT2D eigenvalue weighted by atomic mass is 16.2. The Bertz CT molecular complexity index is 1500. The number of benzene rings is 2. The Balaban J connectivity index is 1.96. The SMILES string of the molecule is CCCCn1c2ccccc2c2c3c(n4c5ccccc5cc4c21)C(=O)NC3=O. The van der Waals surface area contributed by atoms with Gasteiger partial charge in [0, 0.05) is 28.2 Å². The highest BCUT2D eigenvalue weighted by molar-refractivity contribution is 6.32. The average Bonchev–Trinajstić information content (AvgIpc) is 3.36. The number of unbranched alkanes of at least 4 members (excludes halogenated alkanes) is 1. The molecule has 0 spiro atoms. The molecule has 1 aliphatic rings. The van der Waals surface area contributed by atoms with Crippen molar-refractivity contribution in [1.29, 1.82) is 0 Å². The molecule has 5 aromatic rings. The van der Waals surface area contributed by atoms with Crippen molar-refractivity contribution in [3.05, 3.63) is 65.9 Å². The summed E-state index contributed by atoms with van der Waals surface area (Å²) in [4.78, 5) is 25.7. The predicted molar refractivity (Wildman–Crippen MR) is 115 cm³/mol. The number of pyridine rings is 1. The molecule has 5 nitrogen and oxygen atoms in total. The molecule has 0 fully saturated rings. The second-order valence-electron chi connectivity index (χ2n) is 7.68. The minimum Gasteiger partial charge on any atom is -0.339 e. The summed E-state index contributed by atoms with van der Waals surface area (Å²) in [7, 11) is 0. The van der Waals surface area contributed by atoms with Crippen LogP contribution in [0.4, 0.5) is 0 Å². The largest absolute Gasteiger partial charge is 0.339 e. The second-order valence-corrected chi connectivity index (χ2v) is 7.68. The van der Waals surface area contributed by atoms with Crippen molar-refractivity contribution in [2.24, 2.45) is 0 Å². The lowest BCUT2D eigenvalue weighted by Crippen LogP contribution is -2.20. The highest BCUT2D eigenvalue weighted by Gasteiger charge is 2.35. The fraction of sp³-hybridized carbons (Fsp3) is 0.167. The van der Waals surface area contributed by atoms with Gasteiger partial charge in [0.05, 0.1) is 22.1 Å². The number of hydrogen-bond acceptors (Lipinski definition) is 2. The van der Waals surface area contributed by atoms with Crippen molar-refractivity contribution in [2.45, 2.75) is 26.3 Å². The maximum atomic E-state index is 12.9. The van der Waals surface area contributed by atoms with Crippen molar-refractivity contribution < 1.29 is 9.59 Å². The maximum absolute atomic E-state index is 12.9. The van der Waals surface area contributed by atoms with Crippen LogP contribution >= 0.6 is 0 Å². The summed E-state index contributed by atoms with van der Waals surface area (Å²) in [6.45, 7) is 3.05. The lowest BCUT2D eigenvalue weighted by Gasteiger charge is -2.10. The van der Waals surface area contributed by atoms with E-state index in [1.165, 1.54) is 0 Å². The first-order valence-electron chi connectivity index (χ1n) is 10.0. The van der Waals surface area contributed by atoms with Crippen LogP contribution < -0.4 is 5.32 Å². The predicted octanol–water partition coefficient (Wildman–Crippen LogP) is 4.88. The van der Waals surface area contributed by atoms with Gasteiger partial charge in [0.2, 0.25) is 0 Å². The molecule has 1 aliphatic heterocycles. The van der Waals surface area contributed by atoms with Crippen molar-refractivity contribution in [3.63, 3.8) is 0 Å². The first-order chi connectivity index (χ1) is 14.2. The van der Waals surface area contributed by atoms with E-state index in [2.05, 4.69) is 35.0 Å². The number of aromatic nitrogens is 2. The van der Waals surface area contributed by atoms with E-state index in [1.807, 2.05) is 40.8 Å². The van der Waals surface area contributed by atoms with Gasteiger partial charge in [-0.3, -0.25) is 14.9 Å². The molecule has 0 unspecified atom stereocenters. The topological polar surface area (TPSA) is 55.5 Å². The lowest BCUT2D eigenvalue weighted by atomic mass is 10.1. The second kappa shape index (κ2) is 5.70. The molecular formula is C24H19N3O2. The molecular weight excluding hydrogens is 362 g/mol. The van der Waals surface area contributed by atoms with Gasteiger partial charge >= 0.3 is 0 Å². The highest BCUT2D eigenvalue weighted by Crippen LogP contribution is 2.40. The van der Waals surface area contributed by atoms with E-state index >= 15 is 0 Å². The van der Waals surface area contributed by atoms with Crippen LogP contribution in [0.25, 0.3) is 38.2 Å². The summed E-state index contributed by atoms with van der Waals surface area (Å²) < 4.78 is 4.29. The lowest BCUT2D eigenvalue weighted by molar-refractivity contribution is 0.0878. The molecule has 0 saturated heterocycles. The average molecular weight is 381 g/mol. The quantitative estimate of drug-likeness (QED) is 0.453. The fourth-order valence-electron chi connectivity index (χ4n) is 4.83. The van der Waals surface area contributed by atoms with E-state index in [0.717, 1.165) is 57.6 Å². The van der Waals surface area contributed by atoms with Gasteiger partial charge in [-0.25, -0.2) is 0 Å². The standard InChI is InChI=1S/C24H19N3O2/c1-2-3-12-26-17-11-7-5-9-15(17)19-20-22(24(29)25-23(20)28)27-16-10-6-4-8-14(16)13-18(27)21(19)26/h4-11,13H,2-3,12H2,1H3,(H,25,28,29). The first kappa shape index (κ1) is 16.4. The Hall–Kier alpha value is -3.60. The summed E-state index contributed by atoms with van der Waals surface area (Å²) in [5.74, 6) is -0.642. The fourth-order valence-corrected chi connectivity index (χ4v) is 4.83. The number of hydrogen-bond donors (Lipinski definition) is 1. The summed E-state index contributed by atoms with van der Waals surface area (Å²) in [6, 6.07) is 18.3. The summed E-state index contributed by atoms with van der Waals surface area (Å²) in [5.41, 5.74) is 4.97. The molecule has 0 bridgehead atoms. The third kappa shape index (κ3) is 1.99. The number of rotatable bonds is 3. The van der Waals surface area contributed by atoms with Crippen LogP contribution in [0.5, 0.6) is 0 Å². The molecule has 4 heterocycles. The van der Waals surface area contributed by atoms with Gasteiger partial charge in [-0.1, -0.05) is 49.7 Å². The van der Waals surface area contributed by atoms with Gasteiger partial charge in [0.25, 0.3) is 11.8 Å². The van der Waals surface area contributed by atoms with Crippen LogP contribution in [0.1, 0.15) is 40.6 Å². The van der Waals surface area contributed by atoms with Crippen LogP contribution in [0, 0.1) is 0 Å². The van der Waals surface area contributed by atoms with Gasteiger partial charge in [-0.2, -0.15) is 0 Å². The van der Waals surface area contributed by atoms with Crippen LogP contribution in [-0.4, -0.2) is 20.8 Å². The molecule has 29 heavy (non-hydrogen) atoms. The van der Waals surface area contributed by atoms with Crippen molar-refractivity contribution in [1.82, 2.24) is 14.3 Å². The molecule has 1 N–H and O–H groups in total. The number of nitrogens with one attached hydrogen (secondary N) is 1. The Kier molecular flexibility index (Phi) is 3.22. The Labute approximate surface area is 166 Å². The summed E-state index contributed by atoms with van der Waals surface area (Å²) in [6.07, 6.45) is 2.12. The minimum atomic E-state index is -0.330. The molecule has 0 radical (unpaired) electrons. The number of carbonyl (C=O) groups is 2. The molecule has 2 aromatic carbocycles. The van der Waals surface area contributed by atoms with Crippen LogP contribution in [0.15, 0.2) is 54.6 Å². The van der Waals surface area contributed by atoms with Crippen molar-refractivity contribution >= 4 is 50.0 Å². The summed E-state index contributed by atoms with van der Waals surface area (Å²) >= 11 is 0. The van der Waals surface area contributed by atoms with E-state index in [4.69, 9.17) is 0 Å². The number of aryl methyl sites for hydroxylation is 1. The van der Waals surface area contributed by atoms with Gasteiger partial charge in [-0.05, 0) is 24.6 Å². The molecule has 2 amide bonds. The number of imide groups is 1. The van der Waals surface area contributed by atoms with E-state index in [-0.39, 0.29) is 11.8 Å². The zero-order chi connectivity index (χ0) is 19.7. The first-order valence-corrected chi connectivity index (χ1v) is 10.0. The smallest absolute Gasteiger partial charge is 0.275 e. The van der Waals surface area contributed by atoms with Crippen molar-refractivity contribution in [2.75, 3.05) is 0 Å². The van der Waals surface area contributed by atoms with Gasteiger partial charge in [0.1, 0.15) is 5.69 Å². The van der Waals surface area contributed by atoms with Crippen LogP contribution in [-0.2, 0) is 6.54 Å². The summed E-state index contributed by atoms with van der Waals surface area (Å²) in [5, 5.41) is 5.49. The maximum Gasteiger partial charge on any atom is 0.275 e. The third-order valence-corrected chi connectivity index (χ3v) is 6.04. The molecule has 3 aromatic heterocycles. The van der Waals surface area contributed by atoms with E-state index < -0.39 is 0 Å². The zero-order valence-corrected chi connectivity index (χ0v) is 16.0.